The summed E-state index contributed by atoms with van der Waals surface area (Å²) in [5, 5.41) is 3.27. The fourth-order valence-corrected chi connectivity index (χ4v) is 4.76. The van der Waals surface area contributed by atoms with Crippen molar-refractivity contribution < 1.29 is 9.59 Å². The summed E-state index contributed by atoms with van der Waals surface area (Å²) in [4.78, 5) is 29.2. The van der Waals surface area contributed by atoms with Crippen LogP contribution in [0, 0.1) is 6.92 Å². The zero-order valence-corrected chi connectivity index (χ0v) is 20.0. The Morgan fingerprint density at radius 2 is 1.44 bits per heavy atom. The quantitative estimate of drug-likeness (QED) is 0.481. The first-order valence-corrected chi connectivity index (χ1v) is 12.3. The first-order chi connectivity index (χ1) is 16.6. The monoisotopic (exact) mass is 454 g/mol. The largest absolute Gasteiger partial charge is 0.352 e. The van der Waals surface area contributed by atoms with Gasteiger partial charge in [-0.15, -0.1) is 0 Å². The summed E-state index contributed by atoms with van der Waals surface area (Å²) >= 11 is 0. The lowest BCUT2D eigenvalue weighted by atomic mass is 10.00. The average molecular weight is 455 g/mol. The summed E-state index contributed by atoms with van der Waals surface area (Å²) < 4.78 is 0. The minimum absolute atomic E-state index is 0.0306. The number of benzene rings is 3. The van der Waals surface area contributed by atoms with Gasteiger partial charge in [-0.25, -0.2) is 0 Å². The maximum absolute atomic E-state index is 13.7. The van der Waals surface area contributed by atoms with Crippen molar-refractivity contribution in [1.29, 1.82) is 0 Å². The number of amides is 2. The molecule has 4 rings (SSSR count). The van der Waals surface area contributed by atoms with Gasteiger partial charge in [0.05, 0.1) is 6.42 Å². The van der Waals surface area contributed by atoms with Crippen molar-refractivity contribution in [2.75, 3.05) is 0 Å². The van der Waals surface area contributed by atoms with E-state index < -0.39 is 6.04 Å². The van der Waals surface area contributed by atoms with E-state index in [-0.39, 0.29) is 24.3 Å². The zero-order chi connectivity index (χ0) is 23.8. The molecule has 1 aliphatic rings. The molecule has 1 aliphatic carbocycles. The van der Waals surface area contributed by atoms with Crippen LogP contribution < -0.4 is 5.32 Å². The highest BCUT2D eigenvalue weighted by Crippen LogP contribution is 2.21. The summed E-state index contributed by atoms with van der Waals surface area (Å²) in [6.45, 7) is 2.47. The zero-order valence-electron chi connectivity index (χ0n) is 20.0. The van der Waals surface area contributed by atoms with Gasteiger partial charge in [0.15, 0.2) is 0 Å². The van der Waals surface area contributed by atoms with E-state index in [1.807, 2.05) is 78.9 Å². The molecule has 3 aromatic carbocycles. The predicted molar refractivity (Wildman–Crippen MR) is 136 cm³/mol. The molecule has 176 valence electrons. The lowest BCUT2D eigenvalue weighted by molar-refractivity contribution is -0.141. The van der Waals surface area contributed by atoms with Gasteiger partial charge in [-0.05, 0) is 42.0 Å². The number of aryl methyl sites for hydroxylation is 1. The van der Waals surface area contributed by atoms with Gasteiger partial charge in [-0.3, -0.25) is 9.59 Å². The number of carbonyl (C=O) groups excluding carboxylic acids is 2. The summed E-state index contributed by atoms with van der Waals surface area (Å²) in [6.07, 6.45) is 5.09. The molecular formula is C30H34N2O2. The van der Waals surface area contributed by atoms with Crippen molar-refractivity contribution in [1.82, 2.24) is 10.2 Å². The summed E-state index contributed by atoms with van der Waals surface area (Å²) in [5.74, 6) is -0.0808. The number of nitrogens with zero attached hydrogens (tertiary/aromatic N) is 1. The molecule has 34 heavy (non-hydrogen) atoms. The standard InChI is InChI=1S/C30H34N2O2/c1-23-12-8-9-17-26(23)22-32(29(33)21-25-15-6-3-7-16-25)28(20-24-13-4-2-5-14-24)30(34)31-27-18-10-11-19-27/h2-9,12-17,27-28H,10-11,18-22H2,1H3,(H,31,34)/t28-/m0/s1. The lowest BCUT2D eigenvalue weighted by Crippen LogP contribution is -2.52. The number of carbonyl (C=O) groups is 2. The molecule has 1 atom stereocenters. The Morgan fingerprint density at radius 3 is 2.09 bits per heavy atom. The molecule has 4 heteroatoms. The van der Waals surface area contributed by atoms with Crippen LogP contribution in [0.1, 0.15) is 47.9 Å². The molecule has 0 aromatic heterocycles. The molecule has 0 heterocycles. The van der Waals surface area contributed by atoms with E-state index in [1.165, 1.54) is 0 Å². The highest BCUT2D eigenvalue weighted by molar-refractivity contribution is 5.89. The van der Waals surface area contributed by atoms with E-state index in [4.69, 9.17) is 0 Å². The molecule has 2 amide bonds. The maximum atomic E-state index is 13.7. The Bertz CT molecular complexity index is 1080. The second-order valence-corrected chi connectivity index (χ2v) is 9.31. The van der Waals surface area contributed by atoms with E-state index in [2.05, 4.69) is 18.3 Å². The fraction of sp³-hybridized carbons (Fsp3) is 0.333. The van der Waals surface area contributed by atoms with Gasteiger partial charge in [0.25, 0.3) is 0 Å². The van der Waals surface area contributed by atoms with Crippen molar-refractivity contribution in [3.8, 4) is 0 Å². The van der Waals surface area contributed by atoms with Gasteiger partial charge in [-0.2, -0.15) is 0 Å². The molecule has 0 unspecified atom stereocenters. The van der Waals surface area contributed by atoms with Crippen LogP contribution in [0.2, 0.25) is 0 Å². The van der Waals surface area contributed by atoms with Crippen molar-refractivity contribution in [3.05, 3.63) is 107 Å². The van der Waals surface area contributed by atoms with E-state index in [9.17, 15) is 9.59 Å². The van der Waals surface area contributed by atoms with Crippen LogP contribution in [0.25, 0.3) is 0 Å². The van der Waals surface area contributed by atoms with E-state index in [0.29, 0.717) is 13.0 Å². The van der Waals surface area contributed by atoms with E-state index in [0.717, 1.165) is 47.9 Å². The summed E-state index contributed by atoms with van der Waals surface area (Å²) in [5.41, 5.74) is 4.19. The fourth-order valence-electron chi connectivity index (χ4n) is 4.76. The van der Waals surface area contributed by atoms with Gasteiger partial charge in [0.1, 0.15) is 6.04 Å². The molecule has 0 saturated heterocycles. The summed E-state index contributed by atoms with van der Waals surface area (Å²) in [7, 11) is 0. The molecule has 1 saturated carbocycles. The third-order valence-electron chi connectivity index (χ3n) is 6.77. The Labute approximate surface area is 203 Å². The molecule has 1 fully saturated rings. The van der Waals surface area contributed by atoms with Crippen LogP contribution in [0.5, 0.6) is 0 Å². The molecule has 0 spiro atoms. The molecule has 4 nitrogen and oxygen atoms in total. The minimum Gasteiger partial charge on any atom is -0.352 e. The van der Waals surface area contributed by atoms with Gasteiger partial charge >= 0.3 is 0 Å². The number of rotatable bonds is 9. The second-order valence-electron chi connectivity index (χ2n) is 9.31. The van der Waals surface area contributed by atoms with E-state index in [1.54, 1.807) is 4.90 Å². The smallest absolute Gasteiger partial charge is 0.243 e. The van der Waals surface area contributed by atoms with Crippen molar-refractivity contribution in [2.24, 2.45) is 0 Å². The van der Waals surface area contributed by atoms with Crippen LogP contribution in [0.4, 0.5) is 0 Å². The van der Waals surface area contributed by atoms with Crippen LogP contribution >= 0.6 is 0 Å². The third kappa shape index (κ3) is 6.34. The van der Waals surface area contributed by atoms with Gasteiger partial charge < -0.3 is 10.2 Å². The highest BCUT2D eigenvalue weighted by Gasteiger charge is 2.32. The molecule has 0 bridgehead atoms. The van der Waals surface area contributed by atoms with Crippen LogP contribution in [0.15, 0.2) is 84.9 Å². The summed E-state index contributed by atoms with van der Waals surface area (Å²) in [6, 6.07) is 27.5. The second kappa shape index (κ2) is 11.6. The number of nitrogens with one attached hydrogen (secondary N) is 1. The molecule has 0 aliphatic heterocycles. The van der Waals surface area contributed by atoms with Crippen molar-refractivity contribution in [3.63, 3.8) is 0 Å². The van der Waals surface area contributed by atoms with Crippen LogP contribution in [-0.4, -0.2) is 28.8 Å². The Morgan fingerprint density at radius 1 is 0.853 bits per heavy atom. The van der Waals surface area contributed by atoms with Gasteiger partial charge in [-0.1, -0.05) is 97.8 Å². The molecular weight excluding hydrogens is 420 g/mol. The van der Waals surface area contributed by atoms with Crippen molar-refractivity contribution >= 4 is 11.8 Å². The minimum atomic E-state index is -0.571. The first kappa shape index (κ1) is 23.7. The maximum Gasteiger partial charge on any atom is 0.243 e. The first-order valence-electron chi connectivity index (χ1n) is 12.3. The van der Waals surface area contributed by atoms with E-state index >= 15 is 0 Å². The average Bonchev–Trinajstić information content (AvgIpc) is 3.36. The highest BCUT2D eigenvalue weighted by atomic mass is 16.2. The lowest BCUT2D eigenvalue weighted by Gasteiger charge is -2.33. The SMILES string of the molecule is Cc1ccccc1CN(C(=O)Cc1ccccc1)[C@@H](Cc1ccccc1)C(=O)NC1CCCC1. The molecule has 1 N–H and O–H groups in total. The molecule has 3 aromatic rings. The van der Waals surface area contributed by atoms with Crippen LogP contribution in [0.3, 0.4) is 0 Å². The normalized spacial score (nSPS) is 14.5. The third-order valence-corrected chi connectivity index (χ3v) is 6.77. The Kier molecular flexibility index (Phi) is 8.13. The van der Waals surface area contributed by atoms with Crippen LogP contribution in [-0.2, 0) is 29.0 Å². The Hall–Kier alpha value is -3.40. The van der Waals surface area contributed by atoms with Crippen molar-refractivity contribution in [2.45, 2.75) is 64.1 Å². The number of hydrogen-bond acceptors (Lipinski definition) is 2. The molecule has 0 radical (unpaired) electrons. The number of hydrogen-bond donors (Lipinski definition) is 1. The van der Waals surface area contributed by atoms with Gasteiger partial charge in [0, 0.05) is 19.0 Å². The van der Waals surface area contributed by atoms with Gasteiger partial charge in [0.2, 0.25) is 11.8 Å². The predicted octanol–water partition coefficient (Wildman–Crippen LogP) is 5.24. The topological polar surface area (TPSA) is 49.4 Å². The Balaban J connectivity index is 1.66.